The Balaban J connectivity index is 1.08. The van der Waals surface area contributed by atoms with E-state index in [9.17, 15) is 20.1 Å². The molecule has 3 saturated carbocycles. The van der Waals surface area contributed by atoms with E-state index in [1.54, 1.807) is 62.9 Å². The van der Waals surface area contributed by atoms with E-state index in [0.717, 1.165) is 28.1 Å². The molecule has 11 atom stereocenters. The van der Waals surface area contributed by atoms with Crippen LogP contribution < -0.4 is 29.6 Å². The van der Waals surface area contributed by atoms with E-state index in [1.807, 2.05) is 71.0 Å². The number of carbonyl (C=O) groups is 3. The van der Waals surface area contributed by atoms with Gasteiger partial charge in [0.25, 0.3) is 0 Å². The number of esters is 1. The highest BCUT2D eigenvalue weighted by atomic mass is 32.2. The molecule has 16 nitrogen and oxygen atoms in total. The molecular formula is C62H72N2O14S. The Bertz CT molecular complexity index is 3150. The van der Waals surface area contributed by atoms with Crippen LogP contribution in [0.15, 0.2) is 100 Å². The molecule has 0 radical (unpaired) electrons. The van der Waals surface area contributed by atoms with Crippen molar-refractivity contribution in [2.24, 2.45) is 11.8 Å². The van der Waals surface area contributed by atoms with E-state index >= 15 is 9.59 Å². The zero-order valence-corrected chi connectivity index (χ0v) is 47.3. The van der Waals surface area contributed by atoms with E-state index in [4.69, 9.17) is 37.9 Å². The van der Waals surface area contributed by atoms with Gasteiger partial charge in [0.2, 0.25) is 12.2 Å². The second-order valence-corrected chi connectivity index (χ2v) is 25.0. The number of amides is 1. The number of ketones is 1. The van der Waals surface area contributed by atoms with E-state index in [2.05, 4.69) is 36.6 Å². The number of para-hydroxylation sites is 1. The number of benzene rings is 3. The Morgan fingerprint density at radius 2 is 1.67 bits per heavy atom. The van der Waals surface area contributed by atoms with Gasteiger partial charge in [0.05, 0.1) is 46.9 Å². The Morgan fingerprint density at radius 3 is 2.41 bits per heavy atom. The van der Waals surface area contributed by atoms with Gasteiger partial charge in [0.15, 0.2) is 28.5 Å². The smallest absolute Gasteiger partial charge is 0.343 e. The van der Waals surface area contributed by atoms with E-state index in [-0.39, 0.29) is 60.9 Å². The van der Waals surface area contributed by atoms with Gasteiger partial charge >= 0.3 is 5.97 Å². The van der Waals surface area contributed by atoms with Gasteiger partial charge < -0.3 is 63.8 Å². The average molecular weight is 1100 g/mol. The second kappa shape index (κ2) is 20.3. The quantitative estimate of drug-likeness (QED) is 0.0442. The van der Waals surface area contributed by atoms with Crippen LogP contribution in [0.1, 0.15) is 122 Å². The number of fused-ring (bicyclic) bond motifs is 5. The first-order chi connectivity index (χ1) is 37.5. The normalized spacial score (nSPS) is 31.8. The summed E-state index contributed by atoms with van der Waals surface area (Å²) >= 11 is 1.61. The second-order valence-electron chi connectivity index (χ2n) is 23.8. The number of thioether (sulfide) groups is 1. The van der Waals surface area contributed by atoms with Crippen LogP contribution in [-0.2, 0) is 35.0 Å². The summed E-state index contributed by atoms with van der Waals surface area (Å²) in [6.45, 7) is 19.4. The summed E-state index contributed by atoms with van der Waals surface area (Å²) in [6, 6.07) is 14.2. The Kier molecular flexibility index (Phi) is 14.2. The van der Waals surface area contributed by atoms with Gasteiger partial charge in [-0.1, -0.05) is 41.5 Å². The molecule has 420 valence electrons. The van der Waals surface area contributed by atoms with Gasteiger partial charge in [0.1, 0.15) is 47.3 Å². The number of aliphatic hydroxyl groups is 3. The third-order valence-corrected chi connectivity index (χ3v) is 18.2. The van der Waals surface area contributed by atoms with Crippen molar-refractivity contribution in [3.8, 4) is 23.0 Å². The third-order valence-electron chi connectivity index (χ3n) is 16.8. The molecule has 3 aliphatic carbocycles. The summed E-state index contributed by atoms with van der Waals surface area (Å²) in [5.41, 5.74) is 2.02. The Labute approximate surface area is 465 Å². The number of aliphatic hydroxyl groups excluding tert-OH is 3. The van der Waals surface area contributed by atoms with Crippen molar-refractivity contribution in [2.75, 3.05) is 25.1 Å². The first-order valence-corrected chi connectivity index (χ1v) is 28.4. The van der Waals surface area contributed by atoms with Crippen LogP contribution in [0.5, 0.6) is 23.0 Å². The number of ether oxygens (including phenoxy) is 8. The lowest BCUT2D eigenvalue weighted by Crippen LogP contribution is -2.75. The number of anilines is 1. The first kappa shape index (κ1) is 55.2. The Hall–Kier alpha value is -5.76. The first-order valence-electron chi connectivity index (χ1n) is 27.5. The van der Waals surface area contributed by atoms with Gasteiger partial charge in [-0.3, -0.25) is 9.59 Å². The van der Waals surface area contributed by atoms with Crippen LogP contribution in [-0.4, -0.2) is 117 Å². The number of hydrogen-bond donors (Lipinski definition) is 5. The van der Waals surface area contributed by atoms with Crippen LogP contribution >= 0.6 is 11.8 Å². The summed E-state index contributed by atoms with van der Waals surface area (Å²) in [4.78, 5) is 45.3. The van der Waals surface area contributed by atoms with Gasteiger partial charge in [-0.05, 0) is 143 Å². The molecule has 6 heterocycles. The van der Waals surface area contributed by atoms with Crippen LogP contribution in [0.3, 0.4) is 0 Å². The predicted molar refractivity (Wildman–Crippen MR) is 297 cm³/mol. The average Bonchev–Trinajstić information content (AvgIpc) is 2.08. The fourth-order valence-corrected chi connectivity index (χ4v) is 14.5. The van der Waals surface area contributed by atoms with E-state index in [1.165, 1.54) is 5.57 Å². The Morgan fingerprint density at radius 1 is 0.924 bits per heavy atom. The summed E-state index contributed by atoms with van der Waals surface area (Å²) in [6.07, 6.45) is 6.72. The monoisotopic (exact) mass is 1100 g/mol. The van der Waals surface area contributed by atoms with Crippen LogP contribution in [0.4, 0.5) is 5.69 Å². The number of hydrogen-bond acceptors (Lipinski definition) is 16. The molecule has 9 aliphatic rings. The van der Waals surface area contributed by atoms with Gasteiger partial charge in [0, 0.05) is 51.7 Å². The number of Topliss-reactive ketones (excluding diaryl/α,β-unsaturated/α-hetero) is 1. The zero-order chi connectivity index (χ0) is 56.1. The molecule has 1 amide bonds. The van der Waals surface area contributed by atoms with Crippen LogP contribution in [0, 0.1) is 11.8 Å². The summed E-state index contributed by atoms with van der Waals surface area (Å²) in [5, 5.41) is 37.9. The van der Waals surface area contributed by atoms with Crippen molar-refractivity contribution in [3.63, 3.8) is 0 Å². The van der Waals surface area contributed by atoms with E-state index in [0.29, 0.717) is 58.7 Å². The minimum atomic E-state index is -1.62. The molecule has 79 heavy (non-hydrogen) atoms. The molecule has 17 heteroatoms. The molecule has 6 fully saturated rings. The fourth-order valence-electron chi connectivity index (χ4n) is 13.0. The van der Waals surface area contributed by atoms with Crippen molar-refractivity contribution >= 4 is 46.9 Å². The number of nitrogens with one attached hydrogen (secondary N) is 2. The summed E-state index contributed by atoms with van der Waals surface area (Å²) < 4.78 is 53.2. The minimum absolute atomic E-state index is 0.0171. The molecule has 5 N–H and O–H groups in total. The lowest BCUT2D eigenvalue weighted by atomic mass is 9.49. The maximum absolute atomic E-state index is 15.9. The fraction of sp³-hybridized carbons (Fsp3) is 0.500. The lowest BCUT2D eigenvalue weighted by molar-refractivity contribution is -0.373. The summed E-state index contributed by atoms with van der Waals surface area (Å²) in [5.74, 6) is -1.72. The molecule has 6 aliphatic heterocycles. The van der Waals surface area contributed by atoms with Crippen LogP contribution in [0.25, 0.3) is 11.8 Å². The molecule has 4 unspecified atom stereocenters. The van der Waals surface area contributed by atoms with Gasteiger partial charge in [-0.2, -0.15) is 0 Å². The van der Waals surface area contributed by atoms with Crippen molar-refractivity contribution in [1.82, 2.24) is 5.32 Å². The lowest BCUT2D eigenvalue weighted by Gasteiger charge is -2.60. The molecular weight excluding hydrogens is 1030 g/mol. The highest BCUT2D eigenvalue weighted by Gasteiger charge is 2.83. The molecule has 4 bridgehead atoms. The van der Waals surface area contributed by atoms with Crippen molar-refractivity contribution < 1.29 is 67.6 Å². The van der Waals surface area contributed by atoms with Crippen LogP contribution in [0.2, 0.25) is 0 Å². The minimum Gasteiger partial charge on any atom is -0.482 e. The maximum Gasteiger partial charge on any atom is 0.343 e. The zero-order valence-electron chi connectivity index (χ0n) is 46.5. The predicted octanol–water partition coefficient (Wildman–Crippen LogP) is 8.94. The topological polar surface area (TPSA) is 210 Å². The standard InChI is InChI=1S/C62H72N2O14S/c1-32(2)14-13-25-60(10)26-24-38-49(76-60)37(22-17-33(3)4)51-44(50(38)74-56(70)35-18-20-36(21-19-35)72-57-48(67)47(66)52-41(73-57)31-71-59(8,9)75-52)46-45-53(79-42-16-12-11-15-40(42)64-46)39-30-43-58(6,7)78-61(54(39)68,62(43,45)77-51)27-23-34(5)55(69)63-28-29-65/h11-12,14-21,23-24,26,39,41,43,47-48,52-53,57,64-67H,13,22,25,27-31H2,1-10H3,(H,63,69)/b34-23-/t39-,41+,43+,47+,48+,52+,53?,57+,60?,61?,62?/m0/s1. The molecule has 3 aromatic rings. The largest absolute Gasteiger partial charge is 0.482 e. The highest BCUT2D eigenvalue weighted by molar-refractivity contribution is 8.00. The number of allylic oxidation sites excluding steroid dienone is 4. The maximum atomic E-state index is 15.9. The molecule has 3 saturated heterocycles. The molecule has 0 aromatic heterocycles. The number of rotatable bonds is 14. The summed E-state index contributed by atoms with van der Waals surface area (Å²) in [7, 11) is 0. The van der Waals surface area contributed by atoms with Crippen molar-refractivity contribution in [1.29, 1.82) is 0 Å². The molecule has 3 aromatic carbocycles. The van der Waals surface area contributed by atoms with Gasteiger partial charge in [-0.25, -0.2) is 4.79 Å². The number of carbonyl (C=O) groups excluding carboxylic acids is 3. The highest BCUT2D eigenvalue weighted by Crippen LogP contribution is 2.73. The van der Waals surface area contributed by atoms with E-state index < -0.39 is 76.0 Å². The SMILES string of the molecule is CC(C)=CCCC1(C)C=Cc2c(c(CC=C(C)C)c3c(c2OC(=O)c2ccc(O[C@@H]4O[C@@H]5COC(C)(C)O[C@H]5[C@H](O)[C@H]4O)cc2)C2=C4C(Sc5ccccc5N2)[C@@H]2C[C@@H]5C(C)(C)OC(C/C=C(/C)C(=O)NCCO)(C2=O)C45O3)O1. The van der Waals surface area contributed by atoms with Gasteiger partial charge in [-0.15, -0.1) is 11.8 Å². The van der Waals surface area contributed by atoms with Crippen molar-refractivity contribution in [2.45, 2.75) is 170 Å². The third kappa shape index (κ3) is 9.35. The molecule has 1 spiro atoms. The molecule has 12 rings (SSSR count). The van der Waals surface area contributed by atoms with Crippen molar-refractivity contribution in [3.05, 3.63) is 117 Å².